The Labute approximate surface area is 171 Å². The van der Waals surface area contributed by atoms with E-state index in [1.54, 1.807) is 0 Å². The monoisotopic (exact) mass is 389 g/mol. The maximum atomic E-state index is 12.7. The molecule has 0 bridgehead atoms. The number of nitrogens with zero attached hydrogens (tertiary/aromatic N) is 5. The third-order valence-electron chi connectivity index (χ3n) is 6.09. The fourth-order valence-corrected chi connectivity index (χ4v) is 4.45. The highest BCUT2D eigenvalue weighted by atomic mass is 16.2. The second kappa shape index (κ2) is 7.97. The lowest BCUT2D eigenvalue weighted by Crippen LogP contribution is -2.47. The van der Waals surface area contributed by atoms with Crippen LogP contribution in [0.5, 0.6) is 0 Å². The molecule has 150 valence electrons. The summed E-state index contributed by atoms with van der Waals surface area (Å²) in [5.41, 5.74) is 4.52. The molecule has 1 fully saturated rings. The Bertz CT molecular complexity index is 972. The molecule has 6 nitrogen and oxygen atoms in total. The van der Waals surface area contributed by atoms with Gasteiger partial charge in [0.15, 0.2) is 0 Å². The minimum atomic E-state index is 0.252. The number of pyridine rings is 1. The van der Waals surface area contributed by atoms with Gasteiger partial charge in [0.2, 0.25) is 5.91 Å². The minimum absolute atomic E-state index is 0.252. The van der Waals surface area contributed by atoms with Crippen molar-refractivity contribution in [1.82, 2.24) is 19.2 Å². The van der Waals surface area contributed by atoms with Crippen LogP contribution in [-0.4, -0.2) is 64.4 Å². The molecule has 29 heavy (non-hydrogen) atoms. The molecule has 3 aromatic rings. The molecule has 5 rings (SSSR count). The number of para-hydroxylation sites is 1. The average Bonchev–Trinajstić information content (AvgIpc) is 3.36. The SMILES string of the molecule is O=C(CCN1CCN(Cc2cn3ccccc3n2)CC1)N1CCc2ccccc21. The van der Waals surface area contributed by atoms with Gasteiger partial charge >= 0.3 is 0 Å². The Morgan fingerprint density at radius 3 is 2.59 bits per heavy atom. The molecule has 0 saturated carbocycles. The predicted octanol–water partition coefficient (Wildman–Crippen LogP) is 2.43. The normalized spacial score (nSPS) is 17.7. The van der Waals surface area contributed by atoms with Gasteiger partial charge in [-0.1, -0.05) is 24.3 Å². The maximum absolute atomic E-state index is 12.7. The second-order valence-electron chi connectivity index (χ2n) is 7.99. The van der Waals surface area contributed by atoms with Crippen molar-refractivity contribution in [3.8, 4) is 0 Å². The largest absolute Gasteiger partial charge is 0.312 e. The molecule has 0 atom stereocenters. The molecule has 0 N–H and O–H groups in total. The Morgan fingerprint density at radius 2 is 1.72 bits per heavy atom. The third-order valence-corrected chi connectivity index (χ3v) is 6.09. The van der Waals surface area contributed by atoms with Crippen molar-refractivity contribution < 1.29 is 4.79 Å². The first-order valence-electron chi connectivity index (χ1n) is 10.5. The molecule has 2 aliphatic rings. The number of anilines is 1. The first-order chi connectivity index (χ1) is 14.3. The van der Waals surface area contributed by atoms with Crippen LogP contribution < -0.4 is 4.90 Å². The number of rotatable bonds is 5. The highest BCUT2D eigenvalue weighted by molar-refractivity contribution is 5.95. The lowest BCUT2D eigenvalue weighted by Gasteiger charge is -2.34. The third kappa shape index (κ3) is 3.91. The number of hydrogen-bond donors (Lipinski definition) is 0. The Kier molecular flexibility index (Phi) is 5.04. The van der Waals surface area contributed by atoms with Gasteiger partial charge in [-0.05, 0) is 30.2 Å². The van der Waals surface area contributed by atoms with Crippen molar-refractivity contribution in [2.45, 2.75) is 19.4 Å². The van der Waals surface area contributed by atoms with Gasteiger partial charge in [0, 0.05) is 70.3 Å². The van der Waals surface area contributed by atoms with Crippen LogP contribution in [0.25, 0.3) is 5.65 Å². The van der Waals surface area contributed by atoms with Crippen LogP contribution in [0.1, 0.15) is 17.7 Å². The van der Waals surface area contributed by atoms with E-state index < -0.39 is 0 Å². The lowest BCUT2D eigenvalue weighted by molar-refractivity contribution is -0.118. The molecule has 1 saturated heterocycles. The molecule has 2 aromatic heterocycles. The van der Waals surface area contributed by atoms with Crippen LogP contribution in [0, 0.1) is 0 Å². The lowest BCUT2D eigenvalue weighted by atomic mass is 10.2. The van der Waals surface area contributed by atoms with E-state index in [4.69, 9.17) is 4.98 Å². The molecule has 1 aromatic carbocycles. The number of carbonyl (C=O) groups is 1. The summed E-state index contributed by atoms with van der Waals surface area (Å²) in [6, 6.07) is 14.4. The van der Waals surface area contributed by atoms with Gasteiger partial charge in [-0.2, -0.15) is 0 Å². The van der Waals surface area contributed by atoms with Crippen LogP contribution in [0.3, 0.4) is 0 Å². The van der Waals surface area contributed by atoms with Gasteiger partial charge < -0.3 is 14.2 Å². The number of imidazole rings is 1. The quantitative estimate of drug-likeness (QED) is 0.672. The zero-order valence-corrected chi connectivity index (χ0v) is 16.7. The molecule has 0 spiro atoms. The molecule has 0 unspecified atom stereocenters. The number of aromatic nitrogens is 2. The van der Waals surface area contributed by atoms with E-state index in [2.05, 4.69) is 38.6 Å². The highest BCUT2D eigenvalue weighted by Crippen LogP contribution is 2.27. The van der Waals surface area contributed by atoms with Gasteiger partial charge in [-0.15, -0.1) is 0 Å². The molecule has 4 heterocycles. The number of piperazine rings is 1. The van der Waals surface area contributed by atoms with E-state index >= 15 is 0 Å². The molecule has 6 heteroatoms. The van der Waals surface area contributed by atoms with E-state index in [0.29, 0.717) is 6.42 Å². The first kappa shape index (κ1) is 18.3. The Morgan fingerprint density at radius 1 is 0.931 bits per heavy atom. The summed E-state index contributed by atoms with van der Waals surface area (Å²) >= 11 is 0. The van der Waals surface area contributed by atoms with Gasteiger partial charge in [0.1, 0.15) is 5.65 Å². The van der Waals surface area contributed by atoms with Crippen molar-refractivity contribution in [2.75, 3.05) is 44.2 Å². The molecule has 0 radical (unpaired) electrons. The van der Waals surface area contributed by atoms with Gasteiger partial charge in [0.05, 0.1) is 5.69 Å². The summed E-state index contributed by atoms with van der Waals surface area (Å²) in [6.45, 7) is 6.63. The zero-order chi connectivity index (χ0) is 19.6. The van der Waals surface area contributed by atoms with E-state index in [9.17, 15) is 4.79 Å². The fraction of sp³-hybridized carbons (Fsp3) is 0.391. The second-order valence-corrected chi connectivity index (χ2v) is 7.99. The summed E-state index contributed by atoms with van der Waals surface area (Å²) in [7, 11) is 0. The molecule has 0 aliphatic carbocycles. The van der Waals surface area contributed by atoms with Crippen molar-refractivity contribution in [2.24, 2.45) is 0 Å². The minimum Gasteiger partial charge on any atom is -0.312 e. The first-order valence-corrected chi connectivity index (χ1v) is 10.5. The van der Waals surface area contributed by atoms with Crippen LogP contribution in [0.2, 0.25) is 0 Å². The van der Waals surface area contributed by atoms with Crippen LogP contribution in [-0.2, 0) is 17.8 Å². The van der Waals surface area contributed by atoms with E-state index in [-0.39, 0.29) is 5.91 Å². The Balaban J connectivity index is 1.09. The van der Waals surface area contributed by atoms with Crippen molar-refractivity contribution in [3.63, 3.8) is 0 Å². The summed E-state index contributed by atoms with van der Waals surface area (Å²) < 4.78 is 2.08. The van der Waals surface area contributed by atoms with Crippen molar-refractivity contribution in [1.29, 1.82) is 0 Å². The zero-order valence-electron chi connectivity index (χ0n) is 16.7. The maximum Gasteiger partial charge on any atom is 0.228 e. The number of hydrogen-bond acceptors (Lipinski definition) is 4. The number of amides is 1. The van der Waals surface area contributed by atoms with Crippen LogP contribution >= 0.6 is 0 Å². The number of fused-ring (bicyclic) bond motifs is 2. The Hall–Kier alpha value is -2.70. The van der Waals surface area contributed by atoms with E-state index in [1.807, 2.05) is 35.4 Å². The van der Waals surface area contributed by atoms with Crippen molar-refractivity contribution in [3.05, 3.63) is 66.1 Å². The average molecular weight is 390 g/mol. The summed E-state index contributed by atoms with van der Waals surface area (Å²) in [4.78, 5) is 24.3. The smallest absolute Gasteiger partial charge is 0.228 e. The van der Waals surface area contributed by atoms with Gasteiger partial charge in [0.25, 0.3) is 0 Å². The predicted molar refractivity (Wildman–Crippen MR) is 114 cm³/mol. The summed E-state index contributed by atoms with van der Waals surface area (Å²) in [5, 5.41) is 0. The summed E-state index contributed by atoms with van der Waals surface area (Å²) in [6.07, 6.45) is 5.73. The number of benzene rings is 1. The standard InChI is InChI=1S/C23H27N5O/c29-23(28-12-8-19-5-1-2-6-21(19)28)9-11-25-13-15-26(16-14-25)17-20-18-27-10-4-3-7-22(27)24-20/h1-7,10,18H,8-9,11-17H2. The fourth-order valence-electron chi connectivity index (χ4n) is 4.45. The highest BCUT2D eigenvalue weighted by Gasteiger charge is 2.25. The molecule has 1 amide bonds. The number of carbonyl (C=O) groups excluding carboxylic acids is 1. The van der Waals surface area contributed by atoms with Crippen LogP contribution in [0.15, 0.2) is 54.9 Å². The topological polar surface area (TPSA) is 44.1 Å². The van der Waals surface area contributed by atoms with Gasteiger partial charge in [-0.25, -0.2) is 4.98 Å². The molecule has 2 aliphatic heterocycles. The summed E-state index contributed by atoms with van der Waals surface area (Å²) in [5.74, 6) is 0.252. The molecular formula is C23H27N5O. The van der Waals surface area contributed by atoms with Gasteiger partial charge in [-0.3, -0.25) is 9.69 Å². The van der Waals surface area contributed by atoms with Crippen LogP contribution in [0.4, 0.5) is 5.69 Å². The molecular weight excluding hydrogens is 362 g/mol. The van der Waals surface area contributed by atoms with E-state index in [0.717, 1.165) is 69.3 Å². The van der Waals surface area contributed by atoms with Crippen molar-refractivity contribution >= 4 is 17.2 Å². The van der Waals surface area contributed by atoms with E-state index in [1.165, 1.54) is 5.56 Å².